The Morgan fingerprint density at radius 3 is 2.42 bits per heavy atom. The predicted molar refractivity (Wildman–Crippen MR) is 79.3 cm³/mol. The molecule has 19 heavy (non-hydrogen) atoms. The number of nitrogens with one attached hydrogen (secondary N) is 1. The molecule has 2 rings (SSSR count). The molecule has 0 saturated heterocycles. The fourth-order valence-corrected chi connectivity index (χ4v) is 2.75. The first-order valence-corrected chi connectivity index (χ1v) is 7.34. The van der Waals surface area contributed by atoms with Gasteiger partial charge in [-0.25, -0.2) is 0 Å². The summed E-state index contributed by atoms with van der Waals surface area (Å²) < 4.78 is 0.00396. The fraction of sp³-hybridized carbons (Fsp3) is 0.429. The zero-order valence-electron chi connectivity index (χ0n) is 10.6. The minimum Gasteiger partial charge on any atom is -0.376 e. The van der Waals surface area contributed by atoms with E-state index in [9.17, 15) is 10.1 Å². The van der Waals surface area contributed by atoms with Gasteiger partial charge in [0, 0.05) is 27.5 Å². The number of nitro groups is 1. The Bertz CT molecular complexity index is 468. The van der Waals surface area contributed by atoms with Crippen LogP contribution in [0.3, 0.4) is 0 Å². The zero-order chi connectivity index (χ0) is 13.7. The van der Waals surface area contributed by atoms with Crippen LogP contribution in [0.25, 0.3) is 5.70 Å². The molecule has 0 heterocycles. The normalized spacial score (nSPS) is 17.7. The first-order chi connectivity index (χ1) is 9.18. The number of hydrogen-bond donors (Lipinski definition) is 1. The Balaban J connectivity index is 2.25. The topological polar surface area (TPSA) is 55.2 Å². The number of halogens is 1. The lowest BCUT2D eigenvalue weighted by molar-refractivity contribution is -0.408. The molecule has 1 aromatic carbocycles. The van der Waals surface area contributed by atoms with Crippen molar-refractivity contribution in [3.05, 3.63) is 50.6 Å². The van der Waals surface area contributed by atoms with Crippen molar-refractivity contribution in [3.63, 3.8) is 0 Å². The minimum atomic E-state index is -0.391. The van der Waals surface area contributed by atoms with Gasteiger partial charge >= 0.3 is 4.61 Å². The van der Waals surface area contributed by atoms with Crippen molar-refractivity contribution in [2.45, 2.75) is 38.1 Å². The molecule has 102 valence electrons. The molecule has 0 spiro atoms. The van der Waals surface area contributed by atoms with Crippen molar-refractivity contribution < 1.29 is 4.92 Å². The molecule has 0 aromatic heterocycles. The quantitative estimate of drug-likeness (QED) is 0.519. The maximum atomic E-state index is 11.0. The second-order valence-electron chi connectivity index (χ2n) is 4.77. The van der Waals surface area contributed by atoms with Gasteiger partial charge < -0.3 is 5.32 Å². The zero-order valence-corrected chi connectivity index (χ0v) is 12.2. The molecule has 5 heteroatoms. The van der Waals surface area contributed by atoms with Crippen LogP contribution in [0.1, 0.15) is 37.7 Å². The van der Waals surface area contributed by atoms with Gasteiger partial charge in [-0.05, 0) is 12.8 Å². The van der Waals surface area contributed by atoms with Crippen LogP contribution in [-0.4, -0.2) is 11.0 Å². The molecule has 1 aliphatic carbocycles. The SMILES string of the molecule is O=[N+]([O-])C(Br)=C(NC1CCCCC1)c1ccccc1. The molecular formula is C14H17BrN2O2. The molecule has 1 N–H and O–H groups in total. The highest BCUT2D eigenvalue weighted by atomic mass is 79.9. The number of hydrogen-bond acceptors (Lipinski definition) is 3. The molecule has 1 aromatic rings. The standard InChI is InChI=1S/C14H17BrN2O2/c15-14(17(18)19)13(11-7-3-1-4-8-11)16-12-9-5-2-6-10-12/h1,3-4,7-8,12,16H,2,5-6,9-10H2. The van der Waals surface area contributed by atoms with Gasteiger partial charge in [0.25, 0.3) is 0 Å². The third-order valence-electron chi connectivity index (χ3n) is 3.38. The summed E-state index contributed by atoms with van der Waals surface area (Å²) in [6.07, 6.45) is 5.80. The van der Waals surface area contributed by atoms with E-state index in [1.807, 2.05) is 30.3 Å². The lowest BCUT2D eigenvalue weighted by Gasteiger charge is -2.24. The van der Waals surface area contributed by atoms with E-state index >= 15 is 0 Å². The second kappa shape index (κ2) is 6.70. The Morgan fingerprint density at radius 2 is 1.84 bits per heavy atom. The molecule has 4 nitrogen and oxygen atoms in total. The van der Waals surface area contributed by atoms with Crippen LogP contribution in [-0.2, 0) is 0 Å². The molecule has 1 saturated carbocycles. The molecule has 1 aliphatic rings. The molecule has 0 amide bonds. The number of nitrogens with zero attached hydrogens (tertiary/aromatic N) is 1. The smallest absolute Gasteiger partial charge is 0.334 e. The first kappa shape index (κ1) is 14.1. The van der Waals surface area contributed by atoms with Gasteiger partial charge in [0.15, 0.2) is 0 Å². The van der Waals surface area contributed by atoms with Crippen LogP contribution in [0, 0.1) is 10.1 Å². The van der Waals surface area contributed by atoms with Gasteiger partial charge in [-0.1, -0.05) is 49.6 Å². The van der Waals surface area contributed by atoms with E-state index in [4.69, 9.17) is 0 Å². The third kappa shape index (κ3) is 3.80. The van der Waals surface area contributed by atoms with Crippen LogP contribution < -0.4 is 5.32 Å². The van der Waals surface area contributed by atoms with Crippen molar-refractivity contribution in [1.29, 1.82) is 0 Å². The average molecular weight is 325 g/mol. The van der Waals surface area contributed by atoms with Gasteiger partial charge in [-0.2, -0.15) is 0 Å². The predicted octanol–water partition coefficient (Wildman–Crippen LogP) is 3.91. The van der Waals surface area contributed by atoms with Gasteiger partial charge in [0.1, 0.15) is 5.70 Å². The summed E-state index contributed by atoms with van der Waals surface area (Å²) in [4.78, 5) is 10.6. The van der Waals surface area contributed by atoms with E-state index in [1.165, 1.54) is 19.3 Å². The summed E-state index contributed by atoms with van der Waals surface area (Å²) in [7, 11) is 0. The molecular weight excluding hydrogens is 308 g/mol. The molecule has 1 fully saturated rings. The highest BCUT2D eigenvalue weighted by Gasteiger charge is 2.21. The van der Waals surface area contributed by atoms with E-state index in [0.29, 0.717) is 11.7 Å². The third-order valence-corrected chi connectivity index (χ3v) is 4.07. The summed E-state index contributed by atoms with van der Waals surface area (Å²) in [5.41, 5.74) is 1.43. The summed E-state index contributed by atoms with van der Waals surface area (Å²) >= 11 is 3.09. The van der Waals surface area contributed by atoms with Crippen LogP contribution in [0.4, 0.5) is 0 Å². The van der Waals surface area contributed by atoms with Gasteiger partial charge in [-0.15, -0.1) is 0 Å². The number of benzene rings is 1. The molecule has 0 bridgehead atoms. The van der Waals surface area contributed by atoms with Crippen molar-refractivity contribution in [3.8, 4) is 0 Å². The highest BCUT2D eigenvalue weighted by Crippen LogP contribution is 2.25. The van der Waals surface area contributed by atoms with Gasteiger partial charge in [0.2, 0.25) is 0 Å². The second-order valence-corrected chi connectivity index (χ2v) is 5.52. The van der Waals surface area contributed by atoms with Crippen molar-refractivity contribution in [1.82, 2.24) is 5.32 Å². The average Bonchev–Trinajstić information content (AvgIpc) is 2.46. The van der Waals surface area contributed by atoms with Crippen LogP contribution in [0.2, 0.25) is 0 Å². The Labute approximate surface area is 121 Å². The molecule has 0 atom stereocenters. The van der Waals surface area contributed by atoms with Crippen LogP contribution in [0.15, 0.2) is 34.9 Å². The molecule has 0 aliphatic heterocycles. The van der Waals surface area contributed by atoms with E-state index in [2.05, 4.69) is 21.2 Å². The summed E-state index contributed by atoms with van der Waals surface area (Å²) in [5, 5.41) is 14.4. The van der Waals surface area contributed by atoms with E-state index in [1.54, 1.807) is 0 Å². The Kier molecular flexibility index (Phi) is 4.96. The number of rotatable bonds is 4. The lowest BCUT2D eigenvalue weighted by Crippen LogP contribution is -2.30. The minimum absolute atomic E-state index is 0.00396. The monoisotopic (exact) mass is 324 g/mol. The maximum Gasteiger partial charge on any atom is 0.334 e. The molecule has 0 radical (unpaired) electrons. The fourth-order valence-electron chi connectivity index (χ4n) is 2.41. The summed E-state index contributed by atoms with van der Waals surface area (Å²) in [6, 6.07) is 9.78. The van der Waals surface area contributed by atoms with E-state index < -0.39 is 4.92 Å². The van der Waals surface area contributed by atoms with Gasteiger partial charge in [0.05, 0.1) is 4.92 Å². The Morgan fingerprint density at radius 1 is 1.21 bits per heavy atom. The van der Waals surface area contributed by atoms with E-state index in [-0.39, 0.29) is 4.61 Å². The lowest BCUT2D eigenvalue weighted by atomic mass is 9.95. The highest BCUT2D eigenvalue weighted by molar-refractivity contribution is 9.11. The Hall–Kier alpha value is -1.36. The first-order valence-electron chi connectivity index (χ1n) is 6.54. The van der Waals surface area contributed by atoms with Gasteiger partial charge in [-0.3, -0.25) is 10.1 Å². The maximum absolute atomic E-state index is 11.0. The van der Waals surface area contributed by atoms with Crippen LogP contribution in [0.5, 0.6) is 0 Å². The van der Waals surface area contributed by atoms with E-state index in [0.717, 1.165) is 18.4 Å². The van der Waals surface area contributed by atoms with Crippen molar-refractivity contribution in [2.24, 2.45) is 0 Å². The largest absolute Gasteiger partial charge is 0.376 e. The van der Waals surface area contributed by atoms with Crippen molar-refractivity contribution >= 4 is 21.6 Å². The van der Waals surface area contributed by atoms with Crippen LogP contribution >= 0.6 is 15.9 Å². The van der Waals surface area contributed by atoms with Crippen molar-refractivity contribution in [2.75, 3.05) is 0 Å². The molecule has 0 unspecified atom stereocenters. The summed E-state index contributed by atoms with van der Waals surface area (Å²) in [6.45, 7) is 0. The summed E-state index contributed by atoms with van der Waals surface area (Å²) in [5.74, 6) is 0.